The second-order valence-electron chi connectivity index (χ2n) is 4.82. The predicted octanol–water partition coefficient (Wildman–Crippen LogP) is 2.91. The number of piperidine rings is 1. The van der Waals surface area contributed by atoms with Gasteiger partial charge in [-0.1, -0.05) is 19.4 Å². The van der Waals surface area contributed by atoms with Gasteiger partial charge in [-0.15, -0.1) is 0 Å². The predicted molar refractivity (Wildman–Crippen MR) is 69.5 cm³/mol. The minimum absolute atomic E-state index is 0.178. The van der Waals surface area contributed by atoms with Crippen molar-refractivity contribution >= 4 is 5.69 Å². The highest BCUT2D eigenvalue weighted by Gasteiger charge is 2.18. The molecule has 0 spiro atoms. The quantitative estimate of drug-likeness (QED) is 0.874. The Balaban J connectivity index is 2.06. The number of anilines is 1. The Labute approximate surface area is 103 Å². The van der Waals surface area contributed by atoms with Crippen LogP contribution in [0.1, 0.15) is 31.7 Å². The second-order valence-corrected chi connectivity index (χ2v) is 4.82. The molecule has 0 bridgehead atoms. The van der Waals surface area contributed by atoms with Crippen LogP contribution in [0.3, 0.4) is 0 Å². The summed E-state index contributed by atoms with van der Waals surface area (Å²) >= 11 is 0. The molecule has 1 saturated heterocycles. The van der Waals surface area contributed by atoms with E-state index in [0.29, 0.717) is 5.56 Å². The van der Waals surface area contributed by atoms with Crippen molar-refractivity contribution in [3.8, 4) is 0 Å². The number of halogens is 1. The van der Waals surface area contributed by atoms with E-state index in [0.717, 1.165) is 24.7 Å². The first-order valence-electron chi connectivity index (χ1n) is 6.48. The van der Waals surface area contributed by atoms with Crippen LogP contribution in [0.25, 0.3) is 0 Å². The van der Waals surface area contributed by atoms with Gasteiger partial charge in [0.2, 0.25) is 0 Å². The molecule has 1 fully saturated rings. The zero-order valence-electron chi connectivity index (χ0n) is 10.5. The van der Waals surface area contributed by atoms with E-state index >= 15 is 0 Å². The fraction of sp³-hybridized carbons (Fsp3) is 0.571. The summed E-state index contributed by atoms with van der Waals surface area (Å²) in [4.78, 5) is 2.27. The van der Waals surface area contributed by atoms with Crippen LogP contribution in [0.5, 0.6) is 0 Å². The van der Waals surface area contributed by atoms with Gasteiger partial charge in [-0.25, -0.2) is 4.39 Å². The highest BCUT2D eigenvalue weighted by Crippen LogP contribution is 2.26. The normalized spacial score (nSPS) is 17.5. The summed E-state index contributed by atoms with van der Waals surface area (Å²) < 4.78 is 13.6. The Morgan fingerprint density at radius 2 is 2.06 bits per heavy atom. The first-order valence-corrected chi connectivity index (χ1v) is 6.48. The smallest absolute Gasteiger partial charge is 0.129 e. The molecular weight excluding hydrogens is 215 g/mol. The Morgan fingerprint density at radius 1 is 1.35 bits per heavy atom. The monoisotopic (exact) mass is 236 g/mol. The maximum absolute atomic E-state index is 13.6. The van der Waals surface area contributed by atoms with Crippen molar-refractivity contribution < 1.29 is 4.39 Å². The van der Waals surface area contributed by atoms with Gasteiger partial charge in [0, 0.05) is 30.9 Å². The van der Waals surface area contributed by atoms with E-state index in [2.05, 4.69) is 11.8 Å². The average Bonchev–Trinajstić information content (AvgIpc) is 2.39. The fourth-order valence-electron chi connectivity index (χ4n) is 2.50. The van der Waals surface area contributed by atoms with Crippen molar-refractivity contribution in [2.75, 3.05) is 18.0 Å². The van der Waals surface area contributed by atoms with Crippen molar-refractivity contribution in [1.29, 1.82) is 0 Å². The minimum atomic E-state index is -0.178. The Hall–Kier alpha value is -1.09. The largest absolute Gasteiger partial charge is 0.371 e. The van der Waals surface area contributed by atoms with E-state index in [-0.39, 0.29) is 12.4 Å². The summed E-state index contributed by atoms with van der Waals surface area (Å²) in [5.74, 6) is 0.669. The molecule has 0 aliphatic carbocycles. The molecule has 2 N–H and O–H groups in total. The number of rotatable bonds is 3. The van der Waals surface area contributed by atoms with E-state index < -0.39 is 0 Å². The Kier molecular flexibility index (Phi) is 4.00. The number of benzene rings is 1. The van der Waals surface area contributed by atoms with Crippen molar-refractivity contribution in [3.63, 3.8) is 0 Å². The van der Waals surface area contributed by atoms with Gasteiger partial charge in [-0.2, -0.15) is 0 Å². The van der Waals surface area contributed by atoms with E-state index in [1.54, 1.807) is 12.1 Å². The SMILES string of the molecule is CCC1CCN(c2ccc(CN)c(F)c2)CC1. The maximum atomic E-state index is 13.6. The number of nitrogens with two attached hydrogens (primary N) is 1. The third-order valence-corrected chi connectivity index (χ3v) is 3.81. The lowest BCUT2D eigenvalue weighted by Gasteiger charge is -2.33. The number of nitrogens with zero attached hydrogens (tertiary/aromatic N) is 1. The van der Waals surface area contributed by atoms with Crippen molar-refractivity contribution in [2.24, 2.45) is 11.7 Å². The van der Waals surface area contributed by atoms with Crippen molar-refractivity contribution in [1.82, 2.24) is 0 Å². The molecule has 2 rings (SSSR count). The molecular formula is C14H21FN2. The summed E-state index contributed by atoms with van der Waals surface area (Å²) in [5.41, 5.74) is 7.05. The van der Waals surface area contributed by atoms with Gasteiger partial charge >= 0.3 is 0 Å². The Morgan fingerprint density at radius 3 is 2.59 bits per heavy atom. The van der Waals surface area contributed by atoms with Crippen LogP contribution in [-0.4, -0.2) is 13.1 Å². The zero-order valence-corrected chi connectivity index (χ0v) is 10.5. The third kappa shape index (κ3) is 2.78. The average molecular weight is 236 g/mol. The van der Waals surface area contributed by atoms with Gasteiger partial charge in [-0.3, -0.25) is 0 Å². The van der Waals surface area contributed by atoms with Gasteiger partial charge in [0.25, 0.3) is 0 Å². The molecule has 94 valence electrons. The van der Waals surface area contributed by atoms with Gasteiger partial charge in [-0.05, 0) is 30.9 Å². The van der Waals surface area contributed by atoms with Crippen LogP contribution in [-0.2, 0) is 6.54 Å². The lowest BCUT2D eigenvalue weighted by atomic mass is 9.94. The molecule has 1 aliphatic rings. The molecule has 1 heterocycles. The van der Waals surface area contributed by atoms with E-state index in [4.69, 9.17) is 5.73 Å². The number of hydrogen-bond acceptors (Lipinski definition) is 2. The lowest BCUT2D eigenvalue weighted by Crippen LogP contribution is -2.33. The fourth-order valence-corrected chi connectivity index (χ4v) is 2.50. The van der Waals surface area contributed by atoms with Crippen LogP contribution in [0, 0.1) is 11.7 Å². The lowest BCUT2D eigenvalue weighted by molar-refractivity contribution is 0.395. The van der Waals surface area contributed by atoms with Gasteiger partial charge in [0.1, 0.15) is 5.82 Å². The molecule has 2 nitrogen and oxygen atoms in total. The topological polar surface area (TPSA) is 29.3 Å². The van der Waals surface area contributed by atoms with Crippen LogP contribution in [0.2, 0.25) is 0 Å². The summed E-state index contributed by atoms with van der Waals surface area (Å²) in [6.45, 7) is 4.60. The van der Waals surface area contributed by atoms with Crippen LogP contribution < -0.4 is 10.6 Å². The molecule has 1 aromatic rings. The summed E-state index contributed by atoms with van der Waals surface area (Å²) in [6.07, 6.45) is 3.70. The van der Waals surface area contributed by atoms with Crippen LogP contribution in [0.4, 0.5) is 10.1 Å². The maximum Gasteiger partial charge on any atom is 0.129 e. The van der Waals surface area contributed by atoms with Crippen LogP contribution >= 0.6 is 0 Å². The molecule has 1 aromatic carbocycles. The first kappa shape index (κ1) is 12.4. The molecule has 0 radical (unpaired) electrons. The van der Waals surface area contributed by atoms with Crippen molar-refractivity contribution in [2.45, 2.75) is 32.7 Å². The zero-order chi connectivity index (χ0) is 12.3. The molecule has 0 saturated carbocycles. The van der Waals surface area contributed by atoms with Crippen molar-refractivity contribution in [3.05, 3.63) is 29.6 Å². The molecule has 1 aliphatic heterocycles. The van der Waals surface area contributed by atoms with E-state index in [1.807, 2.05) is 6.07 Å². The molecule has 0 unspecified atom stereocenters. The van der Waals surface area contributed by atoms with Crippen LogP contribution in [0.15, 0.2) is 18.2 Å². The minimum Gasteiger partial charge on any atom is -0.371 e. The number of hydrogen-bond donors (Lipinski definition) is 1. The first-order chi connectivity index (χ1) is 8.24. The molecule has 0 aromatic heterocycles. The van der Waals surface area contributed by atoms with E-state index in [1.165, 1.54) is 19.3 Å². The van der Waals surface area contributed by atoms with Gasteiger partial charge < -0.3 is 10.6 Å². The molecule has 0 amide bonds. The third-order valence-electron chi connectivity index (χ3n) is 3.81. The molecule has 3 heteroatoms. The summed E-state index contributed by atoms with van der Waals surface area (Å²) in [5, 5.41) is 0. The van der Waals surface area contributed by atoms with Gasteiger partial charge in [0.05, 0.1) is 0 Å². The highest BCUT2D eigenvalue weighted by molar-refractivity contribution is 5.48. The standard InChI is InChI=1S/C14H21FN2/c1-2-11-5-7-17(8-6-11)13-4-3-12(10-16)14(15)9-13/h3-4,9,11H,2,5-8,10,16H2,1H3. The van der Waals surface area contributed by atoms with Gasteiger partial charge in [0.15, 0.2) is 0 Å². The highest BCUT2D eigenvalue weighted by atomic mass is 19.1. The summed E-state index contributed by atoms with van der Waals surface area (Å²) in [6, 6.07) is 5.41. The Bertz CT molecular complexity index is 370. The molecule has 0 atom stereocenters. The summed E-state index contributed by atoms with van der Waals surface area (Å²) in [7, 11) is 0. The molecule has 17 heavy (non-hydrogen) atoms. The second kappa shape index (κ2) is 5.50. The van der Waals surface area contributed by atoms with E-state index in [9.17, 15) is 4.39 Å².